The lowest BCUT2D eigenvalue weighted by Crippen LogP contribution is -2.13. The number of nitrogens with zero attached hydrogens (tertiary/aromatic N) is 3. The lowest BCUT2D eigenvalue weighted by Gasteiger charge is -2.06. The molecular formula is C10H7ClN6OS. The van der Waals surface area contributed by atoms with Gasteiger partial charge in [-0.1, -0.05) is 11.6 Å². The Morgan fingerprint density at radius 1 is 1.42 bits per heavy atom. The molecule has 0 unspecified atom stereocenters. The molecule has 19 heavy (non-hydrogen) atoms. The molecule has 9 heteroatoms. The van der Waals surface area contributed by atoms with Gasteiger partial charge in [0.15, 0.2) is 0 Å². The van der Waals surface area contributed by atoms with Crippen molar-refractivity contribution >= 4 is 51.8 Å². The van der Waals surface area contributed by atoms with Gasteiger partial charge in [-0.15, -0.1) is 0 Å². The van der Waals surface area contributed by atoms with E-state index in [1.165, 1.54) is 6.20 Å². The minimum Gasteiger partial charge on any atom is -0.383 e. The summed E-state index contributed by atoms with van der Waals surface area (Å²) in [4.78, 5) is 12.1. The van der Waals surface area contributed by atoms with Crippen LogP contribution in [0.5, 0.6) is 0 Å². The predicted octanol–water partition coefficient (Wildman–Crippen LogP) is 1.90. The molecule has 7 nitrogen and oxygen atoms in total. The second-order valence-corrected chi connectivity index (χ2v) is 4.64. The number of H-pyrrole nitrogens is 1. The fourth-order valence-corrected chi connectivity index (χ4v) is 2.35. The number of aromatic nitrogens is 4. The smallest absolute Gasteiger partial charge is 0.261 e. The van der Waals surface area contributed by atoms with E-state index in [2.05, 4.69) is 24.3 Å². The monoisotopic (exact) mass is 294 g/mol. The van der Waals surface area contributed by atoms with Crippen LogP contribution in [0.1, 0.15) is 10.4 Å². The minimum absolute atomic E-state index is 0.192. The zero-order valence-electron chi connectivity index (χ0n) is 9.35. The lowest BCUT2D eigenvalue weighted by molar-refractivity contribution is 0.102. The van der Waals surface area contributed by atoms with E-state index in [0.29, 0.717) is 21.7 Å². The van der Waals surface area contributed by atoms with Crippen LogP contribution in [0.4, 0.5) is 11.5 Å². The summed E-state index contributed by atoms with van der Waals surface area (Å²) in [7, 11) is 0. The number of hydrogen-bond donors (Lipinski definition) is 3. The lowest BCUT2D eigenvalue weighted by atomic mass is 10.2. The normalized spacial score (nSPS) is 10.8. The second kappa shape index (κ2) is 4.48. The molecule has 3 rings (SSSR count). The predicted molar refractivity (Wildman–Crippen MR) is 73.4 cm³/mol. The highest BCUT2D eigenvalue weighted by atomic mass is 35.5. The molecule has 0 bridgehead atoms. The van der Waals surface area contributed by atoms with E-state index in [1.807, 2.05) is 0 Å². The number of anilines is 2. The number of amides is 1. The molecule has 3 aromatic rings. The SMILES string of the molecule is Nc1[nH]ncc1C(=O)Nc1c(Cl)ccc2nsnc12. The molecule has 2 heterocycles. The Bertz CT molecular complexity index is 766. The van der Waals surface area contributed by atoms with E-state index >= 15 is 0 Å². The van der Waals surface area contributed by atoms with Gasteiger partial charge in [-0.25, -0.2) is 0 Å². The van der Waals surface area contributed by atoms with Crippen molar-refractivity contribution in [1.82, 2.24) is 18.9 Å². The van der Waals surface area contributed by atoms with Gasteiger partial charge in [0.25, 0.3) is 5.91 Å². The molecule has 4 N–H and O–H groups in total. The standard InChI is InChI=1S/C10H7ClN6OS/c11-5-1-2-6-8(17-19-16-6)7(5)14-10(18)4-3-13-15-9(4)12/h1-3H,(H,14,18)(H3,12,13,15). The number of nitrogen functional groups attached to an aromatic ring is 1. The molecule has 0 fully saturated rings. The van der Waals surface area contributed by atoms with Gasteiger partial charge in [0, 0.05) is 0 Å². The third-order valence-electron chi connectivity index (χ3n) is 2.53. The molecule has 1 amide bonds. The maximum atomic E-state index is 12.1. The third-order valence-corrected chi connectivity index (χ3v) is 3.39. The van der Waals surface area contributed by atoms with Crippen molar-refractivity contribution in [2.75, 3.05) is 11.1 Å². The molecule has 0 saturated heterocycles. The summed E-state index contributed by atoms with van der Waals surface area (Å²) in [6, 6.07) is 3.39. The zero-order valence-corrected chi connectivity index (χ0v) is 10.9. The summed E-state index contributed by atoms with van der Waals surface area (Å²) in [5, 5.41) is 9.24. The van der Waals surface area contributed by atoms with Crippen LogP contribution in [-0.4, -0.2) is 24.9 Å². The first-order valence-corrected chi connectivity index (χ1v) is 6.28. The van der Waals surface area contributed by atoms with E-state index < -0.39 is 5.91 Å². The summed E-state index contributed by atoms with van der Waals surface area (Å²) in [6.45, 7) is 0. The topological polar surface area (TPSA) is 110 Å². The first kappa shape index (κ1) is 11.9. The fourth-order valence-electron chi connectivity index (χ4n) is 1.60. The van der Waals surface area contributed by atoms with Crippen molar-refractivity contribution in [3.05, 3.63) is 28.9 Å². The van der Waals surface area contributed by atoms with E-state index in [-0.39, 0.29) is 11.4 Å². The summed E-state index contributed by atoms with van der Waals surface area (Å²) < 4.78 is 8.20. The number of fused-ring (bicyclic) bond motifs is 1. The van der Waals surface area contributed by atoms with Gasteiger partial charge >= 0.3 is 0 Å². The van der Waals surface area contributed by atoms with Gasteiger partial charge in [0.05, 0.1) is 28.6 Å². The van der Waals surface area contributed by atoms with Crippen LogP contribution < -0.4 is 11.1 Å². The van der Waals surface area contributed by atoms with E-state index in [4.69, 9.17) is 17.3 Å². The number of hydrogen-bond acceptors (Lipinski definition) is 6. The maximum absolute atomic E-state index is 12.1. The molecular weight excluding hydrogens is 288 g/mol. The van der Waals surface area contributed by atoms with Crippen molar-refractivity contribution < 1.29 is 4.79 Å². The van der Waals surface area contributed by atoms with Crippen molar-refractivity contribution in [1.29, 1.82) is 0 Å². The van der Waals surface area contributed by atoms with Gasteiger partial charge in [-0.3, -0.25) is 9.89 Å². The largest absolute Gasteiger partial charge is 0.383 e. The quantitative estimate of drug-likeness (QED) is 0.668. The number of nitrogens with one attached hydrogen (secondary N) is 2. The number of nitrogens with two attached hydrogens (primary N) is 1. The van der Waals surface area contributed by atoms with Gasteiger partial charge in [0.1, 0.15) is 22.4 Å². The van der Waals surface area contributed by atoms with Crippen LogP contribution in [0.2, 0.25) is 5.02 Å². The first-order chi connectivity index (χ1) is 9.16. The van der Waals surface area contributed by atoms with Crippen molar-refractivity contribution in [2.24, 2.45) is 0 Å². The van der Waals surface area contributed by atoms with Crippen molar-refractivity contribution in [3.63, 3.8) is 0 Å². The fraction of sp³-hybridized carbons (Fsp3) is 0. The van der Waals surface area contributed by atoms with Crippen LogP contribution >= 0.6 is 23.3 Å². The summed E-state index contributed by atoms with van der Waals surface area (Å²) in [5.74, 6) is -0.217. The van der Waals surface area contributed by atoms with Crippen LogP contribution in [-0.2, 0) is 0 Å². The molecule has 96 valence electrons. The van der Waals surface area contributed by atoms with Crippen molar-refractivity contribution in [2.45, 2.75) is 0 Å². The second-order valence-electron chi connectivity index (χ2n) is 3.71. The molecule has 0 aliphatic heterocycles. The number of benzene rings is 1. The third kappa shape index (κ3) is 2.00. The highest BCUT2D eigenvalue weighted by molar-refractivity contribution is 7.00. The van der Waals surface area contributed by atoms with Crippen LogP contribution in [0, 0.1) is 0 Å². The zero-order chi connectivity index (χ0) is 13.4. The number of halogens is 1. The minimum atomic E-state index is -0.409. The molecule has 0 saturated carbocycles. The summed E-state index contributed by atoms with van der Waals surface area (Å²) >= 11 is 7.12. The molecule has 0 atom stereocenters. The Balaban J connectivity index is 2.02. The number of carbonyl (C=O) groups is 1. The Labute approximate surface area is 116 Å². The highest BCUT2D eigenvalue weighted by Gasteiger charge is 2.16. The molecule has 0 spiro atoms. The Morgan fingerprint density at radius 3 is 3.00 bits per heavy atom. The van der Waals surface area contributed by atoms with Gasteiger partial charge in [-0.2, -0.15) is 13.8 Å². The Hall–Kier alpha value is -2.19. The van der Waals surface area contributed by atoms with Gasteiger partial charge < -0.3 is 11.1 Å². The Morgan fingerprint density at radius 2 is 2.26 bits per heavy atom. The van der Waals surface area contributed by atoms with E-state index in [1.54, 1.807) is 12.1 Å². The van der Waals surface area contributed by atoms with Crippen LogP contribution in [0.25, 0.3) is 11.0 Å². The maximum Gasteiger partial charge on any atom is 0.261 e. The van der Waals surface area contributed by atoms with Crippen molar-refractivity contribution in [3.8, 4) is 0 Å². The van der Waals surface area contributed by atoms with Gasteiger partial charge in [-0.05, 0) is 12.1 Å². The summed E-state index contributed by atoms with van der Waals surface area (Å²) in [5.41, 5.74) is 7.47. The molecule has 0 aliphatic rings. The van der Waals surface area contributed by atoms with E-state index in [0.717, 1.165) is 11.7 Å². The average molecular weight is 295 g/mol. The number of rotatable bonds is 2. The molecule has 1 aromatic carbocycles. The molecule has 2 aromatic heterocycles. The van der Waals surface area contributed by atoms with E-state index in [9.17, 15) is 4.79 Å². The van der Waals surface area contributed by atoms with Crippen LogP contribution in [0.3, 0.4) is 0 Å². The van der Waals surface area contributed by atoms with Crippen LogP contribution in [0.15, 0.2) is 18.3 Å². The molecule has 0 aliphatic carbocycles. The average Bonchev–Trinajstić information content (AvgIpc) is 3.01. The highest BCUT2D eigenvalue weighted by Crippen LogP contribution is 2.30. The number of carbonyl (C=O) groups excluding carboxylic acids is 1. The van der Waals surface area contributed by atoms with Gasteiger partial charge in [0.2, 0.25) is 0 Å². The molecule has 0 radical (unpaired) electrons. The Kier molecular flexibility index (Phi) is 2.80. The first-order valence-electron chi connectivity index (χ1n) is 5.18. The number of aromatic amines is 1. The summed E-state index contributed by atoms with van der Waals surface area (Å²) in [6.07, 6.45) is 1.35.